The topological polar surface area (TPSA) is 4.93 Å². The molecule has 0 unspecified atom stereocenters. The summed E-state index contributed by atoms with van der Waals surface area (Å²) in [5, 5.41) is 2.80. The van der Waals surface area contributed by atoms with Crippen LogP contribution in [0.3, 0.4) is 0 Å². The van der Waals surface area contributed by atoms with Crippen LogP contribution in [0.1, 0.15) is 63.8 Å². The lowest BCUT2D eigenvalue weighted by Gasteiger charge is -2.34. The molecule has 0 amide bonds. The van der Waals surface area contributed by atoms with Gasteiger partial charge in [0.05, 0.1) is 16.7 Å². The van der Waals surface area contributed by atoms with E-state index >= 15 is 0 Å². The summed E-state index contributed by atoms with van der Waals surface area (Å²) in [6.45, 7) is 13.5. The van der Waals surface area contributed by atoms with E-state index in [9.17, 15) is 0 Å². The zero-order chi connectivity index (χ0) is 23.1. The molecule has 33 heavy (non-hydrogen) atoms. The average molecular weight is 430 g/mol. The van der Waals surface area contributed by atoms with Gasteiger partial charge in [0.25, 0.3) is 0 Å². The Hall–Kier alpha value is -3.32. The minimum absolute atomic E-state index is 0.0242. The maximum absolute atomic E-state index is 2.53. The zero-order valence-electron chi connectivity index (χ0n) is 20.5. The Morgan fingerprint density at radius 3 is 2.03 bits per heavy atom. The Kier molecular flexibility index (Phi) is 4.06. The summed E-state index contributed by atoms with van der Waals surface area (Å²) < 4.78 is 2.53. The number of nitrogens with zero attached hydrogens (tertiary/aromatic N) is 1. The third-order valence-corrected chi connectivity index (χ3v) is 7.96. The van der Waals surface area contributed by atoms with Crippen LogP contribution in [0.2, 0.25) is 0 Å². The van der Waals surface area contributed by atoms with Crippen molar-refractivity contribution >= 4 is 21.8 Å². The highest BCUT2D eigenvalue weighted by atomic mass is 15.0. The third kappa shape index (κ3) is 2.33. The molecule has 1 heteroatoms. The fourth-order valence-electron chi connectivity index (χ4n) is 6.53. The maximum atomic E-state index is 2.53. The number of rotatable bonds is 0. The molecule has 0 N–H and O–H groups in total. The van der Waals surface area contributed by atoms with Crippen LogP contribution in [0.4, 0.5) is 0 Å². The van der Waals surface area contributed by atoms with Crippen LogP contribution in [0, 0.1) is 0 Å². The molecular formula is C32H31N. The molecule has 0 saturated carbocycles. The summed E-state index contributed by atoms with van der Waals surface area (Å²) in [6.07, 6.45) is 0. The van der Waals surface area contributed by atoms with E-state index in [0.29, 0.717) is 0 Å². The molecule has 0 saturated heterocycles. The van der Waals surface area contributed by atoms with Gasteiger partial charge >= 0.3 is 0 Å². The number of aromatic nitrogens is 1. The molecule has 4 aromatic carbocycles. The lowest BCUT2D eigenvalue weighted by atomic mass is 9.74. The van der Waals surface area contributed by atoms with E-state index in [1.165, 1.54) is 60.9 Å². The lowest BCUT2D eigenvalue weighted by molar-refractivity contribution is 0.630. The molecule has 164 valence electrons. The summed E-state index contributed by atoms with van der Waals surface area (Å²) in [7, 11) is 0. The van der Waals surface area contributed by atoms with Gasteiger partial charge in [0.2, 0.25) is 0 Å². The van der Waals surface area contributed by atoms with Gasteiger partial charge in [-0.3, -0.25) is 0 Å². The smallest absolute Gasteiger partial charge is 0.0582 e. The van der Waals surface area contributed by atoms with Gasteiger partial charge in [0, 0.05) is 21.6 Å². The SMILES string of the molecule is CC.CC1(C)c2ccccc2-c2ccc3c(c21)c1cccc2c1n3-c1ccccc1C2(C)C. The quantitative estimate of drug-likeness (QED) is 0.232. The second-order valence-corrected chi connectivity index (χ2v) is 10.2. The summed E-state index contributed by atoms with van der Waals surface area (Å²) in [5.74, 6) is 0. The van der Waals surface area contributed by atoms with Crippen molar-refractivity contribution in [3.8, 4) is 16.8 Å². The predicted octanol–water partition coefficient (Wildman–Crippen LogP) is 8.76. The molecule has 0 atom stereocenters. The summed E-state index contributed by atoms with van der Waals surface area (Å²) in [6, 6.07) is 29.5. The monoisotopic (exact) mass is 429 g/mol. The molecule has 1 aliphatic heterocycles. The minimum Gasteiger partial charge on any atom is -0.309 e. The van der Waals surface area contributed by atoms with Crippen LogP contribution in [-0.2, 0) is 10.8 Å². The number of hydrogen-bond acceptors (Lipinski definition) is 0. The largest absolute Gasteiger partial charge is 0.309 e. The summed E-state index contributed by atoms with van der Waals surface area (Å²) in [5.41, 5.74) is 12.5. The number of benzene rings is 4. The van der Waals surface area contributed by atoms with Gasteiger partial charge in [-0.15, -0.1) is 0 Å². The Bertz CT molecular complexity index is 1580. The highest BCUT2D eigenvalue weighted by Crippen LogP contribution is 2.55. The van der Waals surface area contributed by atoms with Crippen molar-refractivity contribution in [3.63, 3.8) is 0 Å². The molecule has 1 aliphatic carbocycles. The second kappa shape index (κ2) is 6.60. The highest BCUT2D eigenvalue weighted by Gasteiger charge is 2.40. The van der Waals surface area contributed by atoms with E-state index in [4.69, 9.17) is 0 Å². The van der Waals surface area contributed by atoms with Crippen LogP contribution < -0.4 is 0 Å². The van der Waals surface area contributed by atoms with Gasteiger partial charge < -0.3 is 4.57 Å². The Morgan fingerprint density at radius 1 is 0.576 bits per heavy atom. The second-order valence-electron chi connectivity index (χ2n) is 10.2. The summed E-state index contributed by atoms with van der Waals surface area (Å²) in [4.78, 5) is 0. The zero-order valence-corrected chi connectivity index (χ0v) is 20.5. The van der Waals surface area contributed by atoms with Crippen molar-refractivity contribution in [2.24, 2.45) is 0 Å². The van der Waals surface area contributed by atoms with Gasteiger partial charge in [-0.1, -0.05) is 108 Å². The van der Waals surface area contributed by atoms with Crippen molar-refractivity contribution < 1.29 is 0 Å². The molecule has 2 aliphatic rings. The Labute approximate surface area is 196 Å². The third-order valence-electron chi connectivity index (χ3n) is 7.96. The Balaban J connectivity index is 0.00000101. The number of para-hydroxylation sites is 2. The van der Waals surface area contributed by atoms with E-state index in [-0.39, 0.29) is 10.8 Å². The van der Waals surface area contributed by atoms with E-state index in [1.54, 1.807) is 0 Å². The van der Waals surface area contributed by atoms with Crippen LogP contribution in [0.5, 0.6) is 0 Å². The fraction of sp³-hybridized carbons (Fsp3) is 0.250. The van der Waals surface area contributed by atoms with Gasteiger partial charge in [-0.05, 0) is 45.5 Å². The van der Waals surface area contributed by atoms with Gasteiger partial charge in [0.1, 0.15) is 0 Å². The first-order chi connectivity index (χ1) is 15.9. The van der Waals surface area contributed by atoms with Crippen LogP contribution in [0.25, 0.3) is 38.6 Å². The first-order valence-corrected chi connectivity index (χ1v) is 12.2. The molecule has 2 heterocycles. The first-order valence-electron chi connectivity index (χ1n) is 12.2. The standard InChI is InChI=1S/C30H25N.C2H6/c1-29(2)22-13-7-8-15-24(22)31-25-17-16-19-18-10-5-6-12-21(18)30(3,4)27(19)26(25)20-11-9-14-23(29)28(20)31;1-2/h5-17H,1-4H3;1-2H3. The lowest BCUT2D eigenvalue weighted by Crippen LogP contribution is -2.26. The van der Waals surface area contributed by atoms with E-state index in [0.717, 1.165) is 0 Å². The van der Waals surface area contributed by atoms with Crippen LogP contribution >= 0.6 is 0 Å². The molecule has 5 aromatic rings. The molecule has 1 aromatic heterocycles. The normalized spacial score (nSPS) is 16.1. The van der Waals surface area contributed by atoms with Crippen molar-refractivity contribution in [1.82, 2.24) is 4.57 Å². The molecule has 0 spiro atoms. The number of fused-ring (bicyclic) bond motifs is 9. The molecule has 1 nitrogen and oxygen atoms in total. The van der Waals surface area contributed by atoms with Gasteiger partial charge in [-0.25, -0.2) is 0 Å². The van der Waals surface area contributed by atoms with Crippen molar-refractivity contribution in [2.45, 2.75) is 52.4 Å². The van der Waals surface area contributed by atoms with E-state index in [2.05, 4.69) is 111 Å². The predicted molar refractivity (Wildman–Crippen MR) is 142 cm³/mol. The van der Waals surface area contributed by atoms with Crippen LogP contribution in [0.15, 0.2) is 78.9 Å². The van der Waals surface area contributed by atoms with Crippen molar-refractivity contribution in [3.05, 3.63) is 101 Å². The van der Waals surface area contributed by atoms with E-state index in [1.807, 2.05) is 13.8 Å². The highest BCUT2D eigenvalue weighted by molar-refractivity contribution is 6.16. The average Bonchev–Trinajstić information content (AvgIpc) is 3.29. The van der Waals surface area contributed by atoms with Crippen molar-refractivity contribution in [1.29, 1.82) is 0 Å². The molecule has 0 bridgehead atoms. The first kappa shape index (κ1) is 20.3. The van der Waals surface area contributed by atoms with Crippen molar-refractivity contribution in [2.75, 3.05) is 0 Å². The maximum Gasteiger partial charge on any atom is 0.0582 e. The van der Waals surface area contributed by atoms with Gasteiger partial charge in [-0.2, -0.15) is 0 Å². The van der Waals surface area contributed by atoms with E-state index < -0.39 is 0 Å². The molecule has 7 rings (SSSR count). The number of hydrogen-bond donors (Lipinski definition) is 0. The van der Waals surface area contributed by atoms with Gasteiger partial charge in [0.15, 0.2) is 0 Å². The summed E-state index contributed by atoms with van der Waals surface area (Å²) >= 11 is 0. The Morgan fingerprint density at radius 2 is 1.24 bits per heavy atom. The molecule has 0 fully saturated rings. The molecule has 0 radical (unpaired) electrons. The molecular weight excluding hydrogens is 398 g/mol. The minimum atomic E-state index is -0.0257. The van der Waals surface area contributed by atoms with Crippen LogP contribution in [-0.4, -0.2) is 4.57 Å². The fourth-order valence-corrected chi connectivity index (χ4v) is 6.53.